The summed E-state index contributed by atoms with van der Waals surface area (Å²) >= 11 is 0. The maximum absolute atomic E-state index is 8.52. The molecule has 0 atom stereocenters. The molecule has 4 heteroatoms. The van der Waals surface area contributed by atoms with Crippen molar-refractivity contribution in [1.82, 2.24) is 0 Å². The van der Waals surface area contributed by atoms with E-state index in [1.807, 2.05) is 0 Å². The van der Waals surface area contributed by atoms with E-state index in [4.69, 9.17) is 15.9 Å². The minimum atomic E-state index is -0.500. The van der Waals surface area contributed by atoms with Crippen LogP contribution in [0.25, 0.3) is 0 Å². The summed E-state index contributed by atoms with van der Waals surface area (Å²) in [6, 6.07) is 16.9. The van der Waals surface area contributed by atoms with Crippen LogP contribution in [0.4, 0.5) is 5.69 Å². The number of para-hydroxylation sites is 1. The molecule has 0 aromatic heterocycles. The molecule has 0 heterocycles. The maximum atomic E-state index is 8.52. The molecule has 2 aromatic carbocycles. The van der Waals surface area contributed by atoms with Crippen LogP contribution in [0.1, 0.15) is 119 Å². The summed E-state index contributed by atoms with van der Waals surface area (Å²) in [6.07, 6.45) is 0. The number of benzene rings is 2. The Labute approximate surface area is 225 Å². The summed E-state index contributed by atoms with van der Waals surface area (Å²) < 4.78 is 0. The van der Waals surface area contributed by atoms with Gasteiger partial charge in [-0.25, -0.2) is 0 Å². The van der Waals surface area contributed by atoms with E-state index in [0.717, 1.165) is 5.69 Å². The number of aliphatic hydroxyl groups is 2. The van der Waals surface area contributed by atoms with Gasteiger partial charge in [-0.2, -0.15) is 0 Å². The summed E-state index contributed by atoms with van der Waals surface area (Å²) in [6.45, 7) is 25.8. The smallest absolute Gasteiger partial charge is 0.0563 e. The third kappa shape index (κ3) is 22.6. The number of nitrogen functional groups attached to an aromatic ring is 1. The summed E-state index contributed by atoms with van der Waals surface area (Å²) in [4.78, 5) is 0. The Morgan fingerprint density at radius 2 is 0.882 bits per heavy atom. The largest absolute Gasteiger partial charge is 0.398 e. The third-order valence-corrected chi connectivity index (χ3v) is 4.06. The SMILES string of the molecule is CC(C)(C)O.CC(C)(C)O.CC(C)(C)c1ccccc1.CC(C)c1cccc(C(C)C)c1N.[Mo]. The van der Waals surface area contributed by atoms with Crippen molar-refractivity contribution >= 4 is 5.69 Å². The van der Waals surface area contributed by atoms with Crippen molar-refractivity contribution in [2.75, 3.05) is 5.73 Å². The van der Waals surface area contributed by atoms with Crippen molar-refractivity contribution < 1.29 is 31.3 Å². The van der Waals surface area contributed by atoms with Crippen LogP contribution in [0, 0.1) is 0 Å². The van der Waals surface area contributed by atoms with Crippen molar-refractivity contribution in [3.8, 4) is 0 Å². The van der Waals surface area contributed by atoms with Gasteiger partial charge in [-0.15, -0.1) is 0 Å². The first-order valence-electron chi connectivity index (χ1n) is 12.0. The first kappa shape index (κ1) is 37.4. The molecular weight excluding hydrogens is 502 g/mol. The molecule has 2 rings (SSSR count). The van der Waals surface area contributed by atoms with Gasteiger partial charge in [-0.1, -0.05) is 97.0 Å². The molecule has 4 N–H and O–H groups in total. The fourth-order valence-corrected chi connectivity index (χ4v) is 2.55. The quantitative estimate of drug-likeness (QED) is 0.259. The molecule has 0 bridgehead atoms. The van der Waals surface area contributed by atoms with E-state index in [-0.39, 0.29) is 21.1 Å². The van der Waals surface area contributed by atoms with Crippen LogP contribution in [0.3, 0.4) is 0 Å². The first-order valence-corrected chi connectivity index (χ1v) is 12.0. The van der Waals surface area contributed by atoms with Gasteiger partial charge in [0.25, 0.3) is 0 Å². The van der Waals surface area contributed by atoms with E-state index >= 15 is 0 Å². The molecule has 0 fully saturated rings. The molecule has 34 heavy (non-hydrogen) atoms. The van der Waals surface area contributed by atoms with Crippen LogP contribution in [0.2, 0.25) is 0 Å². The van der Waals surface area contributed by atoms with Gasteiger partial charge in [0.05, 0.1) is 11.2 Å². The van der Waals surface area contributed by atoms with E-state index in [9.17, 15) is 0 Å². The molecule has 0 spiro atoms. The van der Waals surface area contributed by atoms with Crippen LogP contribution in [0.15, 0.2) is 48.5 Å². The van der Waals surface area contributed by atoms with Crippen LogP contribution in [-0.4, -0.2) is 21.4 Å². The standard InChI is InChI=1S/C12H19N.C10H14.2C4H10O.Mo/c1-8(2)10-6-5-7-11(9(3)4)12(10)13;1-10(2,3)9-7-5-4-6-8-9;2*1-4(2,3)5;/h5-9H,13H2,1-4H3;4-8H,1-3H3;2*5H,1-3H3;. The van der Waals surface area contributed by atoms with Crippen LogP contribution >= 0.6 is 0 Å². The van der Waals surface area contributed by atoms with Crippen molar-refractivity contribution in [2.45, 2.75) is 118 Å². The second kappa shape index (κ2) is 16.5. The molecule has 2 aromatic rings. The van der Waals surface area contributed by atoms with Gasteiger partial charge < -0.3 is 15.9 Å². The van der Waals surface area contributed by atoms with E-state index in [1.165, 1.54) is 16.7 Å². The summed E-state index contributed by atoms with van der Waals surface area (Å²) in [7, 11) is 0. The van der Waals surface area contributed by atoms with Crippen molar-refractivity contribution in [1.29, 1.82) is 0 Å². The second-order valence-corrected chi connectivity index (χ2v) is 12.1. The minimum absolute atomic E-state index is 0. The van der Waals surface area contributed by atoms with Crippen LogP contribution < -0.4 is 5.73 Å². The van der Waals surface area contributed by atoms with Gasteiger partial charge >= 0.3 is 0 Å². The van der Waals surface area contributed by atoms with Crippen LogP contribution in [-0.2, 0) is 26.5 Å². The zero-order valence-corrected chi connectivity index (χ0v) is 26.2. The van der Waals surface area contributed by atoms with E-state index in [1.54, 1.807) is 41.5 Å². The number of hydrogen-bond acceptors (Lipinski definition) is 3. The Kier molecular flexibility index (Phi) is 18.2. The molecule has 0 aliphatic heterocycles. The first-order chi connectivity index (χ1) is 14.6. The zero-order valence-electron chi connectivity index (χ0n) is 24.2. The summed E-state index contributed by atoms with van der Waals surface area (Å²) in [5, 5.41) is 17.0. The van der Waals surface area contributed by atoms with E-state index < -0.39 is 11.2 Å². The molecular formula is C30H53MoNO2. The van der Waals surface area contributed by atoms with E-state index in [2.05, 4.69) is 97.0 Å². The second-order valence-electron chi connectivity index (χ2n) is 12.1. The fourth-order valence-electron chi connectivity index (χ4n) is 2.55. The Balaban J connectivity index is -0.000000407. The molecule has 0 unspecified atom stereocenters. The van der Waals surface area contributed by atoms with Gasteiger partial charge in [0, 0.05) is 26.8 Å². The predicted molar refractivity (Wildman–Crippen MR) is 148 cm³/mol. The van der Waals surface area contributed by atoms with E-state index in [0.29, 0.717) is 17.3 Å². The molecule has 0 aliphatic rings. The molecule has 3 nitrogen and oxygen atoms in total. The van der Waals surface area contributed by atoms with Gasteiger partial charge in [0.2, 0.25) is 0 Å². The van der Waals surface area contributed by atoms with Crippen LogP contribution in [0.5, 0.6) is 0 Å². The monoisotopic (exact) mass is 557 g/mol. The topological polar surface area (TPSA) is 66.5 Å². The van der Waals surface area contributed by atoms with Crippen molar-refractivity contribution in [3.05, 3.63) is 65.2 Å². The normalized spacial score (nSPS) is 11.2. The Morgan fingerprint density at radius 3 is 1.09 bits per heavy atom. The van der Waals surface area contributed by atoms with Crippen molar-refractivity contribution in [3.63, 3.8) is 0 Å². The van der Waals surface area contributed by atoms with Gasteiger partial charge in [0.1, 0.15) is 0 Å². The molecule has 0 aliphatic carbocycles. The predicted octanol–water partition coefficient (Wildman–Crippen LogP) is 8.05. The zero-order chi connectivity index (χ0) is 26.6. The third-order valence-electron chi connectivity index (χ3n) is 4.06. The molecule has 0 radical (unpaired) electrons. The Bertz CT molecular complexity index is 715. The average molecular weight is 556 g/mol. The number of hydrogen-bond donors (Lipinski definition) is 3. The Hall–Kier alpha value is -1.15. The molecule has 0 amide bonds. The summed E-state index contributed by atoms with van der Waals surface area (Å²) in [5.74, 6) is 1.03. The number of rotatable bonds is 2. The molecule has 0 saturated heterocycles. The average Bonchev–Trinajstić information content (AvgIpc) is 2.59. The number of nitrogens with two attached hydrogens (primary N) is 1. The van der Waals surface area contributed by atoms with Gasteiger partial charge in [0.15, 0.2) is 0 Å². The number of anilines is 1. The maximum Gasteiger partial charge on any atom is 0.0563 e. The molecule has 0 saturated carbocycles. The minimum Gasteiger partial charge on any atom is -0.398 e. The molecule has 196 valence electrons. The van der Waals surface area contributed by atoms with Crippen molar-refractivity contribution in [2.24, 2.45) is 0 Å². The fraction of sp³-hybridized carbons (Fsp3) is 0.600. The van der Waals surface area contributed by atoms with Gasteiger partial charge in [-0.3, -0.25) is 0 Å². The van der Waals surface area contributed by atoms with Gasteiger partial charge in [-0.05, 0) is 75.5 Å². The summed E-state index contributed by atoms with van der Waals surface area (Å²) in [5.41, 5.74) is 10.3. The Morgan fingerprint density at radius 1 is 0.588 bits per heavy atom.